The summed E-state index contributed by atoms with van der Waals surface area (Å²) < 4.78 is 5.27. The van der Waals surface area contributed by atoms with Gasteiger partial charge in [-0.05, 0) is 26.2 Å². The van der Waals surface area contributed by atoms with E-state index in [9.17, 15) is 4.79 Å². The number of aliphatic imine (C=N–C) groups is 1. The van der Waals surface area contributed by atoms with Gasteiger partial charge in [-0.1, -0.05) is 13.3 Å². The van der Waals surface area contributed by atoms with Gasteiger partial charge in [0, 0.05) is 38.0 Å². The number of likely N-dealkylation sites (tertiary alicyclic amines) is 1. The van der Waals surface area contributed by atoms with Crippen LogP contribution in [-0.4, -0.2) is 62.7 Å². The maximum atomic E-state index is 12.0. The minimum absolute atomic E-state index is 0. The lowest BCUT2D eigenvalue weighted by molar-refractivity contribution is -0.130. The molecule has 2 heterocycles. The van der Waals surface area contributed by atoms with E-state index in [0.717, 1.165) is 77.6 Å². The minimum atomic E-state index is 0. The molecule has 0 atom stereocenters. The Kier molecular flexibility index (Phi) is 9.95. The van der Waals surface area contributed by atoms with Gasteiger partial charge in [0.1, 0.15) is 0 Å². The van der Waals surface area contributed by atoms with Gasteiger partial charge in [-0.3, -0.25) is 9.79 Å². The zero-order valence-electron chi connectivity index (χ0n) is 15.1. The maximum Gasteiger partial charge on any atom is 0.222 e. The number of halogens is 1. The predicted molar refractivity (Wildman–Crippen MR) is 108 cm³/mol. The molecule has 0 aromatic heterocycles. The smallest absolute Gasteiger partial charge is 0.222 e. The van der Waals surface area contributed by atoms with Gasteiger partial charge in [-0.2, -0.15) is 0 Å². The van der Waals surface area contributed by atoms with Crippen molar-refractivity contribution in [2.24, 2.45) is 10.4 Å². The molecular formula is C17H33IN4O2. The molecule has 7 heteroatoms. The van der Waals surface area contributed by atoms with E-state index in [-0.39, 0.29) is 29.4 Å². The second-order valence-electron chi connectivity index (χ2n) is 6.97. The summed E-state index contributed by atoms with van der Waals surface area (Å²) in [6.07, 6.45) is 5.05. The van der Waals surface area contributed by atoms with E-state index >= 15 is 0 Å². The number of guanidine groups is 1. The Morgan fingerprint density at radius 3 is 2.75 bits per heavy atom. The highest BCUT2D eigenvalue weighted by Crippen LogP contribution is 2.26. The van der Waals surface area contributed by atoms with Crippen LogP contribution >= 0.6 is 24.0 Å². The molecule has 0 radical (unpaired) electrons. The molecule has 0 saturated carbocycles. The minimum Gasteiger partial charge on any atom is -0.380 e. The van der Waals surface area contributed by atoms with Crippen LogP contribution < -0.4 is 10.6 Å². The van der Waals surface area contributed by atoms with Gasteiger partial charge in [0.05, 0.1) is 19.8 Å². The van der Waals surface area contributed by atoms with E-state index < -0.39 is 0 Å². The molecule has 0 unspecified atom stereocenters. The summed E-state index contributed by atoms with van der Waals surface area (Å²) in [5.74, 6) is 1.18. The second kappa shape index (κ2) is 11.1. The Balaban J connectivity index is 0.00000288. The molecule has 140 valence electrons. The molecule has 2 aliphatic rings. The molecular weight excluding hydrogens is 419 g/mol. The average molecular weight is 452 g/mol. The van der Waals surface area contributed by atoms with Crippen molar-refractivity contribution in [2.45, 2.75) is 46.0 Å². The fourth-order valence-corrected chi connectivity index (χ4v) is 2.91. The standard InChI is InChI=1S/C17H32N4O2.HI/c1-3-18-16(20-12-17(2)13-23-14-17)19-9-7-11-21-10-6-4-5-8-15(21)22;/h3-14H2,1-2H3,(H2,18,19,20);1H. The molecule has 6 nitrogen and oxygen atoms in total. The third kappa shape index (κ3) is 7.13. The molecule has 0 spiro atoms. The third-order valence-corrected chi connectivity index (χ3v) is 4.43. The molecule has 2 aliphatic heterocycles. The number of hydrogen-bond acceptors (Lipinski definition) is 3. The van der Waals surface area contributed by atoms with Crippen LogP contribution in [0.3, 0.4) is 0 Å². The first-order chi connectivity index (χ1) is 11.1. The summed E-state index contributed by atoms with van der Waals surface area (Å²) in [5.41, 5.74) is 0.195. The SMILES string of the molecule is CCNC(=NCC1(C)COC1)NCCCN1CCCCCC1=O.I. The molecule has 0 bridgehead atoms. The van der Waals surface area contributed by atoms with Crippen molar-refractivity contribution >= 4 is 35.8 Å². The summed E-state index contributed by atoms with van der Waals surface area (Å²) in [5, 5.41) is 6.65. The van der Waals surface area contributed by atoms with Crippen LogP contribution in [0.5, 0.6) is 0 Å². The quantitative estimate of drug-likeness (QED) is 0.269. The highest BCUT2D eigenvalue weighted by Gasteiger charge is 2.33. The van der Waals surface area contributed by atoms with Crippen LogP contribution in [0.15, 0.2) is 4.99 Å². The first kappa shape index (κ1) is 21.5. The number of amides is 1. The average Bonchev–Trinajstić information content (AvgIpc) is 2.71. The highest BCUT2D eigenvalue weighted by atomic mass is 127. The number of hydrogen-bond donors (Lipinski definition) is 2. The van der Waals surface area contributed by atoms with Crippen molar-refractivity contribution in [2.75, 3.05) is 45.9 Å². The number of nitrogens with zero attached hydrogens (tertiary/aromatic N) is 2. The molecule has 0 aromatic carbocycles. The van der Waals surface area contributed by atoms with Crippen molar-refractivity contribution in [3.8, 4) is 0 Å². The van der Waals surface area contributed by atoms with E-state index in [2.05, 4.69) is 29.5 Å². The van der Waals surface area contributed by atoms with E-state index in [1.54, 1.807) is 0 Å². The summed E-state index contributed by atoms with van der Waals surface area (Å²) in [7, 11) is 0. The molecule has 2 N–H and O–H groups in total. The summed E-state index contributed by atoms with van der Waals surface area (Å²) in [4.78, 5) is 18.6. The first-order valence-corrected chi connectivity index (χ1v) is 9.01. The lowest BCUT2D eigenvalue weighted by Gasteiger charge is -2.36. The van der Waals surface area contributed by atoms with Crippen LogP contribution in [0.1, 0.15) is 46.0 Å². The van der Waals surface area contributed by atoms with Gasteiger partial charge in [0.2, 0.25) is 5.91 Å². The van der Waals surface area contributed by atoms with Crippen LogP contribution in [0.4, 0.5) is 0 Å². The van der Waals surface area contributed by atoms with Crippen LogP contribution in [-0.2, 0) is 9.53 Å². The Hall–Kier alpha value is -0.570. The number of carbonyl (C=O) groups excluding carboxylic acids is 1. The number of ether oxygens (including phenoxy) is 1. The monoisotopic (exact) mass is 452 g/mol. The number of rotatable bonds is 7. The lowest BCUT2D eigenvalue weighted by Crippen LogP contribution is -2.44. The van der Waals surface area contributed by atoms with Crippen LogP contribution in [0.2, 0.25) is 0 Å². The molecule has 0 aromatic rings. The molecule has 24 heavy (non-hydrogen) atoms. The Morgan fingerprint density at radius 1 is 1.29 bits per heavy atom. The van der Waals surface area contributed by atoms with Gasteiger partial charge >= 0.3 is 0 Å². The fraction of sp³-hybridized carbons (Fsp3) is 0.882. The van der Waals surface area contributed by atoms with Crippen molar-refractivity contribution in [3.05, 3.63) is 0 Å². The Morgan fingerprint density at radius 2 is 2.08 bits per heavy atom. The van der Waals surface area contributed by atoms with Crippen molar-refractivity contribution in [3.63, 3.8) is 0 Å². The number of carbonyl (C=O) groups is 1. The second-order valence-corrected chi connectivity index (χ2v) is 6.97. The van der Waals surface area contributed by atoms with Gasteiger partial charge in [-0.25, -0.2) is 0 Å². The van der Waals surface area contributed by atoms with Crippen LogP contribution in [0.25, 0.3) is 0 Å². The molecule has 2 saturated heterocycles. The van der Waals surface area contributed by atoms with Crippen molar-refractivity contribution in [1.29, 1.82) is 0 Å². The topological polar surface area (TPSA) is 66.0 Å². The van der Waals surface area contributed by atoms with E-state index in [4.69, 9.17) is 4.74 Å². The predicted octanol–water partition coefficient (Wildman–Crippen LogP) is 1.99. The van der Waals surface area contributed by atoms with Gasteiger partial charge in [-0.15, -0.1) is 24.0 Å². The van der Waals surface area contributed by atoms with Gasteiger partial charge in [0.25, 0.3) is 0 Å². The maximum absolute atomic E-state index is 12.0. The molecule has 2 fully saturated rings. The largest absolute Gasteiger partial charge is 0.380 e. The summed E-state index contributed by atoms with van der Waals surface area (Å²) in [6.45, 7) is 10.1. The van der Waals surface area contributed by atoms with E-state index in [1.807, 2.05) is 4.90 Å². The van der Waals surface area contributed by atoms with Gasteiger partial charge < -0.3 is 20.3 Å². The van der Waals surface area contributed by atoms with E-state index in [1.165, 1.54) is 6.42 Å². The van der Waals surface area contributed by atoms with E-state index in [0.29, 0.717) is 5.91 Å². The lowest BCUT2D eigenvalue weighted by atomic mass is 9.89. The Labute approximate surface area is 163 Å². The summed E-state index contributed by atoms with van der Waals surface area (Å²) in [6, 6.07) is 0. The van der Waals surface area contributed by atoms with Gasteiger partial charge in [0.15, 0.2) is 5.96 Å². The molecule has 0 aliphatic carbocycles. The zero-order chi connectivity index (χ0) is 16.5. The third-order valence-electron chi connectivity index (χ3n) is 4.43. The zero-order valence-corrected chi connectivity index (χ0v) is 17.4. The van der Waals surface area contributed by atoms with Crippen molar-refractivity contribution < 1.29 is 9.53 Å². The highest BCUT2D eigenvalue weighted by molar-refractivity contribution is 14.0. The van der Waals surface area contributed by atoms with Crippen molar-refractivity contribution in [1.82, 2.24) is 15.5 Å². The first-order valence-electron chi connectivity index (χ1n) is 9.01. The van der Waals surface area contributed by atoms with Crippen LogP contribution in [0, 0.1) is 5.41 Å². The fourth-order valence-electron chi connectivity index (χ4n) is 2.91. The molecule has 1 amide bonds. The number of nitrogens with one attached hydrogen (secondary N) is 2. The summed E-state index contributed by atoms with van der Waals surface area (Å²) >= 11 is 0. The molecule has 2 rings (SSSR count). The normalized spacial score (nSPS) is 20.7. The Bertz CT molecular complexity index is 413.